The number of rotatable bonds is 3. The molecule has 82 valence electrons. The van der Waals surface area contributed by atoms with Crippen molar-refractivity contribution >= 4 is 11.6 Å². The maximum atomic E-state index is 12.0. The third-order valence-electron chi connectivity index (χ3n) is 3.19. The Balaban J connectivity index is 2.06. The Hall–Kier alpha value is -1.36. The predicted molar refractivity (Wildman–Crippen MR) is 57.2 cm³/mol. The maximum Gasteiger partial charge on any atom is 0.231 e. The van der Waals surface area contributed by atoms with Gasteiger partial charge in [-0.15, -0.1) is 0 Å². The Morgan fingerprint density at radius 1 is 1.60 bits per heavy atom. The minimum atomic E-state index is -0.350. The summed E-state index contributed by atoms with van der Waals surface area (Å²) in [4.78, 5) is 12.0. The van der Waals surface area contributed by atoms with Crippen LogP contribution in [0.3, 0.4) is 0 Å². The average Bonchev–Trinajstić information content (AvgIpc) is 2.87. The predicted octanol–water partition coefficient (Wildman–Crippen LogP) is 0.867. The van der Waals surface area contributed by atoms with Crippen molar-refractivity contribution in [3.8, 4) is 0 Å². The summed E-state index contributed by atoms with van der Waals surface area (Å²) >= 11 is 0. The molecule has 1 aliphatic rings. The summed E-state index contributed by atoms with van der Waals surface area (Å²) in [5.41, 5.74) is 6.07. The van der Waals surface area contributed by atoms with Gasteiger partial charge in [0.15, 0.2) is 0 Å². The molecule has 4 N–H and O–H groups in total. The first-order valence-corrected chi connectivity index (χ1v) is 5.27. The zero-order chi connectivity index (χ0) is 10.7. The lowest BCUT2D eigenvalue weighted by Crippen LogP contribution is -2.40. The van der Waals surface area contributed by atoms with Crippen LogP contribution in [0.2, 0.25) is 0 Å². The van der Waals surface area contributed by atoms with Gasteiger partial charge in [-0.05, 0) is 12.8 Å². The summed E-state index contributed by atoms with van der Waals surface area (Å²) in [5.74, 6) is 0.0314. The van der Waals surface area contributed by atoms with Crippen LogP contribution in [-0.4, -0.2) is 22.6 Å². The van der Waals surface area contributed by atoms with E-state index in [0.29, 0.717) is 12.2 Å². The Morgan fingerprint density at radius 2 is 2.33 bits per heavy atom. The normalized spacial score (nSPS) is 19.0. The second-order valence-corrected chi connectivity index (χ2v) is 4.13. The quantitative estimate of drug-likeness (QED) is 0.689. The second-order valence-electron chi connectivity index (χ2n) is 4.13. The molecule has 5 nitrogen and oxygen atoms in total. The number of aromatic amines is 1. The largest absolute Gasteiger partial charge is 0.329 e. The number of aromatic nitrogens is 2. The number of anilines is 1. The molecule has 1 saturated carbocycles. The summed E-state index contributed by atoms with van der Waals surface area (Å²) in [6, 6.07) is 0. The van der Waals surface area contributed by atoms with Gasteiger partial charge in [-0.25, -0.2) is 0 Å². The van der Waals surface area contributed by atoms with Gasteiger partial charge in [-0.3, -0.25) is 9.89 Å². The first-order chi connectivity index (χ1) is 7.27. The highest BCUT2D eigenvalue weighted by Crippen LogP contribution is 2.38. The van der Waals surface area contributed by atoms with Crippen molar-refractivity contribution in [2.75, 3.05) is 11.9 Å². The van der Waals surface area contributed by atoms with E-state index in [-0.39, 0.29) is 11.3 Å². The van der Waals surface area contributed by atoms with E-state index in [1.54, 1.807) is 12.4 Å². The summed E-state index contributed by atoms with van der Waals surface area (Å²) in [5, 5.41) is 9.28. The molecule has 1 amide bonds. The summed E-state index contributed by atoms with van der Waals surface area (Å²) in [6.07, 6.45) is 7.24. The van der Waals surface area contributed by atoms with Crippen LogP contribution in [0.1, 0.15) is 25.7 Å². The standard InChI is InChI=1S/C10H16N4O/c11-7-10(3-1-2-4-10)9(15)14-8-5-12-13-6-8/h5-6H,1-4,7,11H2,(H,12,13)(H,14,15). The van der Waals surface area contributed by atoms with Gasteiger partial charge in [0.1, 0.15) is 0 Å². The molecule has 1 fully saturated rings. The molecule has 5 heteroatoms. The molecule has 1 heterocycles. The third-order valence-corrected chi connectivity index (χ3v) is 3.19. The Bertz CT molecular complexity index is 327. The van der Waals surface area contributed by atoms with Crippen LogP contribution >= 0.6 is 0 Å². The number of nitrogens with one attached hydrogen (secondary N) is 2. The zero-order valence-electron chi connectivity index (χ0n) is 8.62. The Labute approximate surface area is 88.4 Å². The minimum absolute atomic E-state index is 0.0314. The van der Waals surface area contributed by atoms with Crippen LogP contribution in [0.4, 0.5) is 5.69 Å². The van der Waals surface area contributed by atoms with Gasteiger partial charge in [0.25, 0.3) is 0 Å². The highest BCUT2D eigenvalue weighted by Gasteiger charge is 2.39. The third kappa shape index (κ3) is 1.87. The van der Waals surface area contributed by atoms with Crippen molar-refractivity contribution in [2.45, 2.75) is 25.7 Å². The summed E-state index contributed by atoms with van der Waals surface area (Å²) < 4.78 is 0. The molecular weight excluding hydrogens is 192 g/mol. The lowest BCUT2D eigenvalue weighted by atomic mass is 9.85. The van der Waals surface area contributed by atoms with Crippen molar-refractivity contribution < 1.29 is 4.79 Å². The summed E-state index contributed by atoms with van der Waals surface area (Å²) in [6.45, 7) is 0.427. The zero-order valence-corrected chi connectivity index (χ0v) is 8.62. The molecule has 1 aliphatic carbocycles. The number of hydrogen-bond acceptors (Lipinski definition) is 3. The van der Waals surface area contributed by atoms with Gasteiger partial charge >= 0.3 is 0 Å². The van der Waals surface area contributed by atoms with Crippen molar-refractivity contribution in [1.82, 2.24) is 10.2 Å². The van der Waals surface area contributed by atoms with Crippen LogP contribution in [0.5, 0.6) is 0 Å². The fourth-order valence-electron chi connectivity index (χ4n) is 2.16. The lowest BCUT2D eigenvalue weighted by Gasteiger charge is -2.25. The van der Waals surface area contributed by atoms with Gasteiger partial charge in [0, 0.05) is 12.7 Å². The van der Waals surface area contributed by atoms with E-state index < -0.39 is 0 Å². The van der Waals surface area contributed by atoms with E-state index in [4.69, 9.17) is 5.73 Å². The molecule has 0 radical (unpaired) electrons. The van der Waals surface area contributed by atoms with Crippen LogP contribution in [-0.2, 0) is 4.79 Å². The number of hydrogen-bond donors (Lipinski definition) is 3. The van der Waals surface area contributed by atoms with E-state index in [0.717, 1.165) is 25.7 Å². The lowest BCUT2D eigenvalue weighted by molar-refractivity contribution is -0.124. The average molecular weight is 208 g/mol. The number of carbonyl (C=O) groups is 1. The molecule has 15 heavy (non-hydrogen) atoms. The molecule has 1 aromatic heterocycles. The number of nitrogens with two attached hydrogens (primary N) is 1. The van der Waals surface area contributed by atoms with Crippen LogP contribution in [0, 0.1) is 5.41 Å². The van der Waals surface area contributed by atoms with Gasteiger partial charge in [0.05, 0.1) is 17.3 Å². The first kappa shape index (κ1) is 10.2. The molecule has 0 aliphatic heterocycles. The first-order valence-electron chi connectivity index (χ1n) is 5.27. The fraction of sp³-hybridized carbons (Fsp3) is 0.600. The Kier molecular flexibility index (Phi) is 2.73. The van der Waals surface area contributed by atoms with E-state index in [1.165, 1.54) is 0 Å². The summed E-state index contributed by atoms with van der Waals surface area (Å²) in [7, 11) is 0. The molecule has 0 aromatic carbocycles. The van der Waals surface area contributed by atoms with Crippen molar-refractivity contribution in [1.29, 1.82) is 0 Å². The minimum Gasteiger partial charge on any atom is -0.329 e. The number of nitrogens with zero attached hydrogens (tertiary/aromatic N) is 1. The fourth-order valence-corrected chi connectivity index (χ4v) is 2.16. The number of amides is 1. The molecule has 0 unspecified atom stereocenters. The Morgan fingerprint density at radius 3 is 2.87 bits per heavy atom. The van der Waals surface area contributed by atoms with Crippen molar-refractivity contribution in [2.24, 2.45) is 11.1 Å². The van der Waals surface area contributed by atoms with Gasteiger partial charge in [-0.1, -0.05) is 12.8 Å². The van der Waals surface area contributed by atoms with E-state index in [2.05, 4.69) is 15.5 Å². The van der Waals surface area contributed by atoms with E-state index >= 15 is 0 Å². The SMILES string of the molecule is NCC1(C(=O)Nc2cn[nH]c2)CCCC1. The van der Waals surface area contributed by atoms with Crippen molar-refractivity contribution in [3.05, 3.63) is 12.4 Å². The number of H-pyrrole nitrogens is 1. The van der Waals surface area contributed by atoms with Crippen molar-refractivity contribution in [3.63, 3.8) is 0 Å². The molecule has 0 spiro atoms. The molecule has 0 bridgehead atoms. The smallest absolute Gasteiger partial charge is 0.231 e. The topological polar surface area (TPSA) is 83.8 Å². The van der Waals surface area contributed by atoms with Gasteiger partial charge in [-0.2, -0.15) is 5.10 Å². The highest BCUT2D eigenvalue weighted by atomic mass is 16.2. The molecule has 0 atom stereocenters. The van der Waals surface area contributed by atoms with Gasteiger partial charge < -0.3 is 11.1 Å². The van der Waals surface area contributed by atoms with E-state index in [9.17, 15) is 4.79 Å². The second kappa shape index (κ2) is 4.02. The number of carbonyl (C=O) groups excluding carboxylic acids is 1. The maximum absolute atomic E-state index is 12.0. The monoisotopic (exact) mass is 208 g/mol. The van der Waals surface area contributed by atoms with Crippen LogP contribution < -0.4 is 11.1 Å². The molecular formula is C10H16N4O. The highest BCUT2D eigenvalue weighted by molar-refractivity contribution is 5.95. The molecule has 0 saturated heterocycles. The van der Waals surface area contributed by atoms with E-state index in [1.807, 2.05) is 0 Å². The van der Waals surface area contributed by atoms with Crippen LogP contribution in [0.25, 0.3) is 0 Å². The molecule has 1 aromatic rings. The molecule has 2 rings (SSSR count). The van der Waals surface area contributed by atoms with Crippen LogP contribution in [0.15, 0.2) is 12.4 Å². The van der Waals surface area contributed by atoms with Gasteiger partial charge in [0.2, 0.25) is 5.91 Å².